The van der Waals surface area contributed by atoms with Crippen LogP contribution in [0.1, 0.15) is 6.42 Å². The van der Waals surface area contributed by atoms with Crippen molar-refractivity contribution in [3.63, 3.8) is 0 Å². The molecule has 1 aliphatic heterocycles. The number of hydrogen-bond donors (Lipinski definition) is 0. The summed E-state index contributed by atoms with van der Waals surface area (Å²) < 4.78 is 29.7. The van der Waals surface area contributed by atoms with E-state index in [1.54, 1.807) is 11.9 Å². The molecule has 60 valence electrons. The van der Waals surface area contributed by atoms with Crippen LogP contribution in [0.15, 0.2) is 0 Å². The zero-order valence-corrected chi connectivity index (χ0v) is 5.94. The fraction of sp³-hybridized carbons (Fsp3) is 1.00. The maximum Gasteiger partial charge on any atom is 0.272 e. The van der Waals surface area contributed by atoms with Crippen molar-refractivity contribution in [2.24, 2.45) is 0 Å². The van der Waals surface area contributed by atoms with Crippen LogP contribution in [0.5, 0.6) is 0 Å². The Balaban J connectivity index is 2.41. The van der Waals surface area contributed by atoms with E-state index in [9.17, 15) is 8.78 Å². The monoisotopic (exact) mass is 151 g/mol. The van der Waals surface area contributed by atoms with Gasteiger partial charge in [-0.3, -0.25) is 4.90 Å². The number of alkyl halides is 2. The van der Waals surface area contributed by atoms with Crippen molar-refractivity contribution in [2.75, 3.05) is 26.9 Å². The largest absolute Gasteiger partial charge is 0.360 e. The van der Waals surface area contributed by atoms with Gasteiger partial charge in [0.05, 0.1) is 6.73 Å². The van der Waals surface area contributed by atoms with Gasteiger partial charge in [0.15, 0.2) is 0 Å². The molecule has 0 radical (unpaired) electrons. The molecule has 1 heterocycles. The molecule has 0 N–H and O–H groups in total. The van der Waals surface area contributed by atoms with Crippen molar-refractivity contribution in [3.8, 4) is 0 Å². The Morgan fingerprint density at radius 2 is 2.20 bits per heavy atom. The lowest BCUT2D eigenvalue weighted by atomic mass is 10.2. The second-order valence-corrected chi connectivity index (χ2v) is 2.66. The third kappa shape index (κ3) is 2.19. The van der Waals surface area contributed by atoms with Crippen molar-refractivity contribution in [3.05, 3.63) is 0 Å². The Bertz CT molecular complexity index is 118. The molecule has 0 aromatic carbocycles. The molecule has 1 aliphatic rings. The molecule has 0 atom stereocenters. The smallest absolute Gasteiger partial charge is 0.272 e. The van der Waals surface area contributed by atoms with E-state index < -0.39 is 12.5 Å². The van der Waals surface area contributed by atoms with E-state index in [2.05, 4.69) is 0 Å². The average Bonchev–Trinajstić information content (AvgIpc) is 1.94. The molecule has 0 saturated carbocycles. The zero-order valence-electron chi connectivity index (χ0n) is 5.94. The molecule has 2 nitrogen and oxygen atoms in total. The molecule has 4 heteroatoms. The first-order valence-corrected chi connectivity index (χ1v) is 3.24. The molecule has 10 heavy (non-hydrogen) atoms. The summed E-state index contributed by atoms with van der Waals surface area (Å²) in [5, 5.41) is 0. The zero-order chi connectivity index (χ0) is 7.61. The Morgan fingerprint density at radius 1 is 1.50 bits per heavy atom. The van der Waals surface area contributed by atoms with Gasteiger partial charge in [-0.15, -0.1) is 0 Å². The number of nitrogens with zero attached hydrogens (tertiary/aromatic N) is 1. The van der Waals surface area contributed by atoms with Gasteiger partial charge in [-0.25, -0.2) is 8.78 Å². The van der Waals surface area contributed by atoms with Crippen LogP contribution in [0.4, 0.5) is 8.78 Å². The summed E-state index contributed by atoms with van der Waals surface area (Å²) in [5.74, 6) is -2.62. The quantitative estimate of drug-likeness (QED) is 0.510. The van der Waals surface area contributed by atoms with Gasteiger partial charge in [0.2, 0.25) is 0 Å². The molecule has 0 aromatic heterocycles. The summed E-state index contributed by atoms with van der Waals surface area (Å²) in [6.07, 6.45) is -0.0938. The Kier molecular flexibility index (Phi) is 2.21. The summed E-state index contributed by atoms with van der Waals surface area (Å²) in [7, 11) is 1.77. The van der Waals surface area contributed by atoms with Crippen LogP contribution in [0, 0.1) is 0 Å². The second-order valence-electron chi connectivity index (χ2n) is 2.66. The summed E-state index contributed by atoms with van der Waals surface area (Å²) in [5.41, 5.74) is 0. The molecule has 1 saturated heterocycles. The van der Waals surface area contributed by atoms with Crippen LogP contribution in [0.3, 0.4) is 0 Å². The number of hydrogen-bond acceptors (Lipinski definition) is 2. The normalized spacial score (nSPS) is 27.9. The van der Waals surface area contributed by atoms with E-state index in [1.165, 1.54) is 0 Å². The Morgan fingerprint density at radius 3 is 2.90 bits per heavy atom. The number of ether oxygens (including phenoxy) is 1. The summed E-state index contributed by atoms with van der Waals surface area (Å²) in [4.78, 5) is 1.74. The molecule has 0 spiro atoms. The van der Waals surface area contributed by atoms with E-state index in [0.29, 0.717) is 13.3 Å². The minimum atomic E-state index is -2.62. The van der Waals surface area contributed by atoms with Gasteiger partial charge in [-0.1, -0.05) is 0 Å². The third-order valence-corrected chi connectivity index (χ3v) is 1.48. The van der Waals surface area contributed by atoms with Crippen molar-refractivity contribution in [1.29, 1.82) is 0 Å². The minimum absolute atomic E-state index is 0.0938. The first kappa shape index (κ1) is 7.88. The highest BCUT2D eigenvalue weighted by Crippen LogP contribution is 2.20. The highest BCUT2D eigenvalue weighted by molar-refractivity contribution is 4.69. The molecule has 0 amide bonds. The first-order chi connectivity index (χ1) is 4.60. The lowest BCUT2D eigenvalue weighted by Gasteiger charge is -2.11. The number of rotatable bonds is 0. The molecule has 1 rings (SSSR count). The van der Waals surface area contributed by atoms with Gasteiger partial charge >= 0.3 is 0 Å². The molecular weight excluding hydrogens is 140 g/mol. The maximum atomic E-state index is 12.5. The van der Waals surface area contributed by atoms with Gasteiger partial charge in [-0.2, -0.15) is 0 Å². The fourth-order valence-corrected chi connectivity index (χ4v) is 0.842. The van der Waals surface area contributed by atoms with E-state index in [-0.39, 0.29) is 6.42 Å². The van der Waals surface area contributed by atoms with Crippen LogP contribution < -0.4 is 0 Å². The van der Waals surface area contributed by atoms with E-state index >= 15 is 0 Å². The van der Waals surface area contributed by atoms with Crippen LogP contribution in [-0.4, -0.2) is 37.8 Å². The second kappa shape index (κ2) is 2.80. The average molecular weight is 151 g/mol. The van der Waals surface area contributed by atoms with Crippen LogP contribution in [-0.2, 0) is 4.74 Å². The predicted octanol–water partition coefficient (Wildman–Crippen LogP) is 0.931. The van der Waals surface area contributed by atoms with Gasteiger partial charge in [0.25, 0.3) is 5.92 Å². The highest BCUT2D eigenvalue weighted by Gasteiger charge is 2.31. The molecule has 0 aliphatic carbocycles. The molecule has 0 bridgehead atoms. The van der Waals surface area contributed by atoms with E-state index in [4.69, 9.17) is 4.74 Å². The van der Waals surface area contributed by atoms with Crippen LogP contribution in [0.2, 0.25) is 0 Å². The highest BCUT2D eigenvalue weighted by atomic mass is 19.3. The van der Waals surface area contributed by atoms with E-state index in [0.717, 1.165) is 0 Å². The Labute approximate surface area is 58.8 Å². The van der Waals surface area contributed by atoms with Crippen molar-refractivity contribution in [2.45, 2.75) is 12.3 Å². The lowest BCUT2D eigenvalue weighted by molar-refractivity contribution is -0.0716. The van der Waals surface area contributed by atoms with E-state index in [1.807, 2.05) is 0 Å². The summed E-state index contributed by atoms with van der Waals surface area (Å²) in [6, 6.07) is 0. The third-order valence-electron chi connectivity index (χ3n) is 1.48. The Hall–Kier alpha value is -0.220. The molecule has 0 aromatic rings. The topological polar surface area (TPSA) is 12.5 Å². The molecule has 1 fully saturated rings. The lowest BCUT2D eigenvalue weighted by Crippen LogP contribution is -2.23. The predicted molar refractivity (Wildman–Crippen MR) is 33.0 cm³/mol. The van der Waals surface area contributed by atoms with Gasteiger partial charge in [-0.05, 0) is 7.05 Å². The van der Waals surface area contributed by atoms with Crippen LogP contribution >= 0.6 is 0 Å². The van der Waals surface area contributed by atoms with Crippen molar-refractivity contribution in [1.82, 2.24) is 4.90 Å². The van der Waals surface area contributed by atoms with Gasteiger partial charge < -0.3 is 4.74 Å². The minimum Gasteiger partial charge on any atom is -0.360 e. The molecule has 0 unspecified atom stereocenters. The number of halogens is 2. The van der Waals surface area contributed by atoms with Gasteiger partial charge in [0.1, 0.15) is 6.61 Å². The maximum absolute atomic E-state index is 12.5. The summed E-state index contributed by atoms with van der Waals surface area (Å²) >= 11 is 0. The first-order valence-electron chi connectivity index (χ1n) is 3.24. The van der Waals surface area contributed by atoms with Crippen LogP contribution in [0.25, 0.3) is 0 Å². The summed E-state index contributed by atoms with van der Waals surface area (Å²) in [6.45, 7) is 0.292. The SMILES string of the molecule is CN1CCC(F)(F)COC1. The standard InChI is InChI=1S/C6H11F2NO/c1-9-3-2-6(7,8)4-10-5-9/h2-5H2,1H3. The molecular formula is C6H11F2NO. The van der Waals surface area contributed by atoms with Crippen molar-refractivity contribution < 1.29 is 13.5 Å². The van der Waals surface area contributed by atoms with Crippen molar-refractivity contribution >= 4 is 0 Å². The van der Waals surface area contributed by atoms with Gasteiger partial charge in [0, 0.05) is 13.0 Å². The fourth-order valence-electron chi connectivity index (χ4n) is 0.842.